The van der Waals surface area contributed by atoms with E-state index in [1.165, 1.54) is 16.6 Å². The van der Waals surface area contributed by atoms with E-state index in [0.717, 1.165) is 46.2 Å². The number of benzene rings is 2. The van der Waals surface area contributed by atoms with Crippen molar-refractivity contribution >= 4 is 56.5 Å². The predicted molar refractivity (Wildman–Crippen MR) is 146 cm³/mol. The number of carbonyl (C=O) groups is 1. The van der Waals surface area contributed by atoms with Crippen LogP contribution in [-0.2, 0) is 24.2 Å². The van der Waals surface area contributed by atoms with Gasteiger partial charge in [-0.1, -0.05) is 65.8 Å². The third-order valence-electron chi connectivity index (χ3n) is 6.10. The first-order chi connectivity index (χ1) is 17.0. The molecule has 0 unspecified atom stereocenters. The number of thioether (sulfide) groups is 1. The van der Waals surface area contributed by atoms with Crippen molar-refractivity contribution in [1.29, 1.82) is 0 Å². The number of fused-ring (bicyclic) bond motifs is 3. The average molecular weight is 522 g/mol. The fourth-order valence-electron chi connectivity index (χ4n) is 4.32. The van der Waals surface area contributed by atoms with Crippen LogP contribution >= 0.6 is 34.7 Å². The normalized spacial score (nSPS) is 13.5. The molecule has 0 spiro atoms. The second kappa shape index (κ2) is 10.0. The summed E-state index contributed by atoms with van der Waals surface area (Å²) in [6, 6.07) is 15.0. The van der Waals surface area contributed by atoms with Gasteiger partial charge in [0, 0.05) is 22.1 Å². The zero-order chi connectivity index (χ0) is 24.5. The number of hydrogen-bond donors (Lipinski definition) is 1. The first-order valence-corrected chi connectivity index (χ1v) is 13.5. The van der Waals surface area contributed by atoms with Crippen LogP contribution < -0.4 is 10.9 Å². The van der Waals surface area contributed by atoms with Crippen LogP contribution in [0.25, 0.3) is 10.2 Å². The lowest BCUT2D eigenvalue weighted by Gasteiger charge is -2.19. The molecule has 5 nitrogen and oxygen atoms in total. The Kier molecular flexibility index (Phi) is 6.82. The summed E-state index contributed by atoms with van der Waals surface area (Å²) in [6.45, 7) is 6.08. The van der Waals surface area contributed by atoms with Crippen LogP contribution in [0.5, 0.6) is 0 Å². The molecule has 1 amide bonds. The fraction of sp³-hybridized carbons (Fsp3) is 0.222. The summed E-state index contributed by atoms with van der Waals surface area (Å²) < 4.78 is 1.64. The number of anilines is 1. The number of aryl methyl sites for hydroxylation is 3. The van der Waals surface area contributed by atoms with Crippen molar-refractivity contribution in [3.05, 3.63) is 98.1 Å². The maximum absolute atomic E-state index is 13.6. The molecule has 1 aliphatic carbocycles. The molecule has 5 rings (SSSR count). The van der Waals surface area contributed by atoms with E-state index in [0.29, 0.717) is 22.4 Å². The van der Waals surface area contributed by atoms with E-state index in [-0.39, 0.29) is 11.5 Å². The van der Waals surface area contributed by atoms with Crippen molar-refractivity contribution in [2.24, 2.45) is 0 Å². The lowest BCUT2D eigenvalue weighted by atomic mass is 10.1. The van der Waals surface area contributed by atoms with Gasteiger partial charge in [0.25, 0.3) is 5.56 Å². The molecular formula is C27H24ClN3O2S2. The number of hydrogen-bond acceptors (Lipinski definition) is 5. The van der Waals surface area contributed by atoms with Crippen LogP contribution in [0.3, 0.4) is 0 Å². The molecule has 2 heterocycles. The molecule has 0 radical (unpaired) electrons. The minimum atomic E-state index is -0.622. The van der Waals surface area contributed by atoms with Gasteiger partial charge in [0.15, 0.2) is 5.16 Å². The third kappa shape index (κ3) is 4.68. The number of allylic oxidation sites excluding steroid dienone is 1. The molecular weight excluding hydrogens is 498 g/mol. The Hall–Kier alpha value is -2.87. The molecule has 4 aromatic rings. The number of nitrogens with one attached hydrogen (secondary N) is 1. The number of thiophene rings is 1. The van der Waals surface area contributed by atoms with Crippen LogP contribution in [0.2, 0.25) is 5.02 Å². The second-order valence-corrected chi connectivity index (χ2v) is 11.1. The highest BCUT2D eigenvalue weighted by molar-refractivity contribution is 8.00. The van der Waals surface area contributed by atoms with Gasteiger partial charge >= 0.3 is 0 Å². The first-order valence-electron chi connectivity index (χ1n) is 11.4. The number of carbonyl (C=O) groups excluding carboxylic acids is 1. The van der Waals surface area contributed by atoms with Crippen LogP contribution in [0.4, 0.5) is 5.69 Å². The van der Waals surface area contributed by atoms with Crippen LogP contribution in [0.1, 0.15) is 33.2 Å². The molecule has 0 saturated carbocycles. The highest BCUT2D eigenvalue weighted by Crippen LogP contribution is 2.39. The van der Waals surface area contributed by atoms with Gasteiger partial charge in [-0.05, 0) is 55.0 Å². The summed E-state index contributed by atoms with van der Waals surface area (Å²) in [5.74, 6) is -0.214. The standard InChI is InChI=1S/C27H24ClN3O2S2/c1-3-14-31-26(33)22-19-10-7-11-21(19)34-25(22)30-27(31)35-23(17-8-5-4-6-9-17)24(32)29-18-13-12-16(2)20(28)15-18/h3-6,8-9,12-13,15,23H,1,7,10-11,14H2,2H3,(H,29,32)/t23-/m1/s1. The Morgan fingerprint density at radius 3 is 2.83 bits per heavy atom. The number of aromatic nitrogens is 2. The molecule has 0 aliphatic heterocycles. The smallest absolute Gasteiger partial charge is 0.263 e. The van der Waals surface area contributed by atoms with Crippen LogP contribution in [-0.4, -0.2) is 15.5 Å². The number of amides is 1. The molecule has 0 fully saturated rings. The zero-order valence-corrected chi connectivity index (χ0v) is 21.6. The topological polar surface area (TPSA) is 64.0 Å². The summed E-state index contributed by atoms with van der Waals surface area (Å²) in [5.41, 5.74) is 3.46. The predicted octanol–water partition coefficient (Wildman–Crippen LogP) is 6.57. The Bertz CT molecular complexity index is 1490. The van der Waals surface area contributed by atoms with Crippen molar-refractivity contribution in [1.82, 2.24) is 9.55 Å². The van der Waals surface area contributed by atoms with E-state index in [1.54, 1.807) is 28.0 Å². The largest absolute Gasteiger partial charge is 0.325 e. The molecule has 178 valence electrons. The zero-order valence-electron chi connectivity index (χ0n) is 19.2. The fourth-order valence-corrected chi connectivity index (χ4v) is 6.91. The Morgan fingerprint density at radius 1 is 1.29 bits per heavy atom. The van der Waals surface area contributed by atoms with E-state index >= 15 is 0 Å². The van der Waals surface area contributed by atoms with Gasteiger partial charge in [0.1, 0.15) is 10.1 Å². The average Bonchev–Trinajstić information content (AvgIpc) is 3.43. The number of nitrogens with zero attached hydrogens (tertiary/aromatic N) is 2. The summed E-state index contributed by atoms with van der Waals surface area (Å²) in [5, 5.41) is 4.19. The first kappa shape index (κ1) is 23.9. The van der Waals surface area contributed by atoms with Gasteiger partial charge in [-0.3, -0.25) is 14.2 Å². The molecule has 0 bridgehead atoms. The summed E-state index contributed by atoms with van der Waals surface area (Å²) in [7, 11) is 0. The van der Waals surface area contributed by atoms with E-state index in [1.807, 2.05) is 49.4 Å². The maximum Gasteiger partial charge on any atom is 0.263 e. The summed E-state index contributed by atoms with van der Waals surface area (Å²) in [6.07, 6.45) is 4.68. The van der Waals surface area contributed by atoms with E-state index in [4.69, 9.17) is 16.6 Å². The lowest BCUT2D eigenvalue weighted by molar-refractivity contribution is -0.115. The molecule has 1 aliphatic rings. The third-order valence-corrected chi connectivity index (χ3v) is 8.94. The van der Waals surface area contributed by atoms with Gasteiger partial charge in [0.2, 0.25) is 5.91 Å². The van der Waals surface area contributed by atoms with E-state index < -0.39 is 5.25 Å². The Morgan fingerprint density at radius 2 is 2.09 bits per heavy atom. The van der Waals surface area contributed by atoms with Crippen LogP contribution in [0.15, 0.2) is 71.1 Å². The molecule has 1 N–H and O–H groups in total. The van der Waals surface area contributed by atoms with Crippen molar-refractivity contribution in [2.45, 2.75) is 43.1 Å². The monoisotopic (exact) mass is 521 g/mol. The van der Waals surface area contributed by atoms with Gasteiger partial charge in [-0.15, -0.1) is 17.9 Å². The van der Waals surface area contributed by atoms with E-state index in [2.05, 4.69) is 11.9 Å². The molecule has 8 heteroatoms. The second-order valence-electron chi connectivity index (χ2n) is 8.50. The van der Waals surface area contributed by atoms with Gasteiger partial charge in [-0.2, -0.15) is 0 Å². The summed E-state index contributed by atoms with van der Waals surface area (Å²) >= 11 is 9.15. The Labute approximate surface area is 216 Å². The highest BCUT2D eigenvalue weighted by Gasteiger charge is 2.28. The highest BCUT2D eigenvalue weighted by atomic mass is 35.5. The number of rotatable bonds is 7. The minimum absolute atomic E-state index is 0.0608. The van der Waals surface area contributed by atoms with Crippen LogP contribution in [0, 0.1) is 6.92 Å². The SMILES string of the molecule is C=CCn1c(S[C@@H](C(=O)Nc2ccc(C)c(Cl)c2)c2ccccc2)nc2sc3c(c2c1=O)CCC3. The molecule has 1 atom stereocenters. The Balaban J connectivity index is 1.56. The van der Waals surface area contributed by atoms with E-state index in [9.17, 15) is 9.59 Å². The quantitative estimate of drug-likeness (QED) is 0.170. The van der Waals surface area contributed by atoms with Crippen molar-refractivity contribution in [3.8, 4) is 0 Å². The van der Waals surface area contributed by atoms with Gasteiger partial charge in [0.05, 0.1) is 5.39 Å². The van der Waals surface area contributed by atoms with Crippen molar-refractivity contribution < 1.29 is 4.79 Å². The summed E-state index contributed by atoms with van der Waals surface area (Å²) in [4.78, 5) is 34.0. The number of halogens is 1. The van der Waals surface area contributed by atoms with Gasteiger partial charge < -0.3 is 5.32 Å². The molecule has 0 saturated heterocycles. The molecule has 2 aromatic carbocycles. The van der Waals surface area contributed by atoms with Gasteiger partial charge in [-0.25, -0.2) is 4.98 Å². The lowest BCUT2D eigenvalue weighted by Crippen LogP contribution is -2.25. The minimum Gasteiger partial charge on any atom is -0.325 e. The van der Waals surface area contributed by atoms with Crippen molar-refractivity contribution in [2.75, 3.05) is 5.32 Å². The molecule has 35 heavy (non-hydrogen) atoms. The maximum atomic E-state index is 13.6. The molecule has 2 aromatic heterocycles. The van der Waals surface area contributed by atoms with Crippen molar-refractivity contribution in [3.63, 3.8) is 0 Å².